The first-order valence-electron chi connectivity index (χ1n) is 6.80. The van der Waals surface area contributed by atoms with Gasteiger partial charge in [0.25, 0.3) is 0 Å². The van der Waals surface area contributed by atoms with E-state index in [9.17, 15) is 4.79 Å². The molecule has 1 amide bonds. The molecule has 0 atom stereocenters. The Morgan fingerprint density at radius 1 is 1.10 bits per heavy atom. The average molecular weight is 297 g/mol. The third-order valence-corrected chi connectivity index (χ3v) is 3.92. The van der Waals surface area contributed by atoms with Crippen LogP contribution in [0.5, 0.6) is 0 Å². The Kier molecular flexibility index (Phi) is 5.64. The number of nitrogens with zero attached hydrogens (tertiary/aromatic N) is 1. The second-order valence-electron chi connectivity index (χ2n) is 4.79. The highest BCUT2D eigenvalue weighted by molar-refractivity contribution is 7.98. The van der Waals surface area contributed by atoms with Gasteiger partial charge in [-0.05, 0) is 35.6 Å². The Hall–Kier alpha value is -2.00. The normalized spacial score (nSPS) is 10.8. The Morgan fingerprint density at radius 2 is 1.76 bits per heavy atom. The molecule has 0 aliphatic carbocycles. The van der Waals surface area contributed by atoms with Crippen LogP contribution >= 0.6 is 11.8 Å². The van der Waals surface area contributed by atoms with Crippen molar-refractivity contribution >= 4 is 23.7 Å². The van der Waals surface area contributed by atoms with E-state index in [-0.39, 0.29) is 5.91 Å². The highest BCUT2D eigenvalue weighted by Gasteiger charge is 2.05. The van der Waals surface area contributed by atoms with E-state index in [2.05, 4.69) is 30.5 Å². The minimum Gasteiger partial charge on any atom is -0.338 e. The zero-order valence-electron chi connectivity index (χ0n) is 12.3. The number of thioether (sulfide) groups is 1. The van der Waals surface area contributed by atoms with Crippen LogP contribution in [0, 0.1) is 0 Å². The van der Waals surface area contributed by atoms with Crippen molar-refractivity contribution in [3.8, 4) is 0 Å². The molecule has 2 rings (SSSR count). The molecule has 0 aliphatic rings. The number of amides is 1. The van der Waals surface area contributed by atoms with Crippen molar-refractivity contribution in [3.05, 3.63) is 71.8 Å². The lowest BCUT2D eigenvalue weighted by Gasteiger charge is -2.15. The first kappa shape index (κ1) is 15.4. The summed E-state index contributed by atoms with van der Waals surface area (Å²) >= 11 is 1.72. The predicted molar refractivity (Wildman–Crippen MR) is 90.2 cm³/mol. The van der Waals surface area contributed by atoms with Crippen LogP contribution in [-0.2, 0) is 11.3 Å². The number of carbonyl (C=O) groups excluding carboxylic acids is 1. The molecule has 0 fully saturated rings. The fraction of sp³-hybridized carbons (Fsp3) is 0.167. The van der Waals surface area contributed by atoms with Crippen LogP contribution in [0.1, 0.15) is 11.1 Å². The largest absolute Gasteiger partial charge is 0.338 e. The van der Waals surface area contributed by atoms with Crippen LogP contribution in [0.4, 0.5) is 0 Å². The molecule has 0 unspecified atom stereocenters. The molecule has 2 nitrogen and oxygen atoms in total. The number of rotatable bonds is 5. The molecule has 0 saturated carbocycles. The van der Waals surface area contributed by atoms with Crippen LogP contribution in [0.3, 0.4) is 0 Å². The maximum absolute atomic E-state index is 12.1. The van der Waals surface area contributed by atoms with Gasteiger partial charge in [-0.1, -0.05) is 42.5 Å². The van der Waals surface area contributed by atoms with Crippen LogP contribution in [-0.4, -0.2) is 24.1 Å². The summed E-state index contributed by atoms with van der Waals surface area (Å²) in [7, 11) is 1.82. The molecule has 0 N–H and O–H groups in total. The number of carbonyl (C=O) groups is 1. The minimum atomic E-state index is 0.00722. The second-order valence-corrected chi connectivity index (χ2v) is 5.67. The molecule has 0 bridgehead atoms. The lowest BCUT2D eigenvalue weighted by molar-refractivity contribution is -0.125. The van der Waals surface area contributed by atoms with E-state index in [0.717, 1.165) is 11.1 Å². The van der Waals surface area contributed by atoms with Crippen LogP contribution < -0.4 is 0 Å². The van der Waals surface area contributed by atoms with Gasteiger partial charge in [0.15, 0.2) is 0 Å². The summed E-state index contributed by atoms with van der Waals surface area (Å²) in [6.45, 7) is 0.618. The predicted octanol–water partition coefficient (Wildman–Crippen LogP) is 4.08. The first-order chi connectivity index (χ1) is 10.2. The van der Waals surface area contributed by atoms with Gasteiger partial charge in [-0.2, -0.15) is 0 Å². The summed E-state index contributed by atoms with van der Waals surface area (Å²) in [6.07, 6.45) is 5.51. The van der Waals surface area contributed by atoms with Crippen LogP contribution in [0.15, 0.2) is 65.6 Å². The van der Waals surface area contributed by atoms with Gasteiger partial charge >= 0.3 is 0 Å². The molecule has 2 aromatic carbocycles. The van der Waals surface area contributed by atoms with Crippen LogP contribution in [0.25, 0.3) is 6.08 Å². The fourth-order valence-corrected chi connectivity index (χ4v) is 2.35. The van der Waals surface area contributed by atoms with E-state index in [0.29, 0.717) is 6.54 Å². The molecule has 0 radical (unpaired) electrons. The van der Waals surface area contributed by atoms with E-state index in [4.69, 9.17) is 0 Å². The molecule has 0 spiro atoms. The van der Waals surface area contributed by atoms with E-state index >= 15 is 0 Å². The quantitative estimate of drug-likeness (QED) is 0.612. The first-order valence-corrected chi connectivity index (χ1v) is 8.02. The van der Waals surface area contributed by atoms with E-state index in [1.54, 1.807) is 22.7 Å². The highest BCUT2D eigenvalue weighted by atomic mass is 32.2. The third kappa shape index (κ3) is 4.80. The number of hydrogen-bond donors (Lipinski definition) is 0. The van der Waals surface area contributed by atoms with Crippen molar-refractivity contribution in [2.75, 3.05) is 13.3 Å². The van der Waals surface area contributed by atoms with Gasteiger partial charge in [0.05, 0.1) is 0 Å². The van der Waals surface area contributed by atoms with Gasteiger partial charge in [0, 0.05) is 24.6 Å². The maximum Gasteiger partial charge on any atom is 0.246 e. The van der Waals surface area contributed by atoms with Gasteiger partial charge in [0.2, 0.25) is 5.91 Å². The van der Waals surface area contributed by atoms with Gasteiger partial charge in [-0.25, -0.2) is 0 Å². The lowest BCUT2D eigenvalue weighted by atomic mass is 10.2. The smallest absolute Gasteiger partial charge is 0.246 e. The van der Waals surface area contributed by atoms with E-state index in [1.165, 1.54) is 4.90 Å². The molecule has 0 saturated heterocycles. The summed E-state index contributed by atoms with van der Waals surface area (Å²) in [5.41, 5.74) is 2.17. The Morgan fingerprint density at radius 3 is 2.38 bits per heavy atom. The molecule has 21 heavy (non-hydrogen) atoms. The lowest BCUT2D eigenvalue weighted by Crippen LogP contribution is -2.24. The zero-order valence-corrected chi connectivity index (χ0v) is 13.1. The SMILES string of the molecule is CSc1ccc(CN(C)C(=O)C=Cc2ccccc2)cc1. The van der Waals surface area contributed by atoms with Crippen molar-refractivity contribution in [1.29, 1.82) is 0 Å². The van der Waals surface area contributed by atoms with E-state index in [1.807, 2.05) is 43.5 Å². The maximum atomic E-state index is 12.1. The van der Waals surface area contributed by atoms with Crippen molar-refractivity contribution in [2.24, 2.45) is 0 Å². The van der Waals surface area contributed by atoms with Gasteiger partial charge in [-0.15, -0.1) is 11.8 Å². The van der Waals surface area contributed by atoms with Crippen molar-refractivity contribution in [1.82, 2.24) is 4.90 Å². The molecule has 108 valence electrons. The molecule has 0 heterocycles. The van der Waals surface area contributed by atoms with E-state index < -0.39 is 0 Å². The number of hydrogen-bond acceptors (Lipinski definition) is 2. The highest BCUT2D eigenvalue weighted by Crippen LogP contribution is 2.15. The molecule has 0 aliphatic heterocycles. The standard InChI is InChI=1S/C18H19NOS/c1-19(14-16-8-11-17(21-2)12-9-16)18(20)13-10-15-6-4-3-5-7-15/h3-13H,14H2,1-2H3. The number of likely N-dealkylation sites (N-methyl/N-ethyl adjacent to an activating group) is 1. The minimum absolute atomic E-state index is 0.00722. The van der Waals surface area contributed by atoms with Crippen molar-refractivity contribution in [2.45, 2.75) is 11.4 Å². The monoisotopic (exact) mass is 297 g/mol. The fourth-order valence-electron chi connectivity index (χ4n) is 1.94. The molecule has 0 aromatic heterocycles. The summed E-state index contributed by atoms with van der Waals surface area (Å²) in [5, 5.41) is 0. The van der Waals surface area contributed by atoms with Crippen molar-refractivity contribution < 1.29 is 4.79 Å². The molecular formula is C18H19NOS. The molecule has 2 aromatic rings. The Labute approximate surface area is 130 Å². The van der Waals surface area contributed by atoms with Crippen molar-refractivity contribution in [3.63, 3.8) is 0 Å². The van der Waals surface area contributed by atoms with Crippen LogP contribution in [0.2, 0.25) is 0 Å². The van der Waals surface area contributed by atoms with Gasteiger partial charge < -0.3 is 4.90 Å². The third-order valence-electron chi connectivity index (χ3n) is 3.17. The number of benzene rings is 2. The Balaban J connectivity index is 1.94. The Bertz CT molecular complexity index is 605. The second kappa shape index (κ2) is 7.70. The summed E-state index contributed by atoms with van der Waals surface area (Å²) < 4.78 is 0. The van der Waals surface area contributed by atoms with Gasteiger partial charge in [0.1, 0.15) is 0 Å². The molecule has 3 heteroatoms. The topological polar surface area (TPSA) is 20.3 Å². The zero-order chi connectivity index (χ0) is 15.1. The summed E-state index contributed by atoms with van der Waals surface area (Å²) in [4.78, 5) is 15.0. The summed E-state index contributed by atoms with van der Waals surface area (Å²) in [5.74, 6) is 0.00722. The van der Waals surface area contributed by atoms with Gasteiger partial charge in [-0.3, -0.25) is 4.79 Å². The average Bonchev–Trinajstić information content (AvgIpc) is 2.54. The molecular weight excluding hydrogens is 278 g/mol. The summed E-state index contributed by atoms with van der Waals surface area (Å²) in [6, 6.07) is 18.1.